The molecule has 0 fully saturated rings. The van der Waals surface area contributed by atoms with Crippen molar-refractivity contribution in [3.8, 4) is 0 Å². The van der Waals surface area contributed by atoms with E-state index < -0.39 is 27.0 Å². The van der Waals surface area contributed by atoms with E-state index in [1.807, 2.05) is 0 Å². The Hall–Kier alpha value is -0.450. The van der Waals surface area contributed by atoms with Crippen molar-refractivity contribution in [1.29, 1.82) is 0 Å². The van der Waals surface area contributed by atoms with Crippen molar-refractivity contribution < 1.29 is 17.6 Å². The van der Waals surface area contributed by atoms with Crippen LogP contribution in [0.3, 0.4) is 0 Å². The SMILES string of the molecule is CCS(=O)(=O)C(C)(F)CC(C)=O. The molecule has 0 saturated carbocycles. The lowest BCUT2D eigenvalue weighted by atomic mass is 10.2. The van der Waals surface area contributed by atoms with Crippen molar-refractivity contribution in [2.45, 2.75) is 32.2 Å². The van der Waals surface area contributed by atoms with Gasteiger partial charge in [0.1, 0.15) is 5.78 Å². The lowest BCUT2D eigenvalue weighted by Crippen LogP contribution is -2.33. The minimum atomic E-state index is -3.78. The second-order valence-electron chi connectivity index (χ2n) is 2.88. The minimum Gasteiger partial charge on any atom is -0.300 e. The largest absolute Gasteiger partial charge is 0.300 e. The molecule has 0 radical (unpaired) electrons. The Kier molecular flexibility index (Phi) is 3.38. The lowest BCUT2D eigenvalue weighted by Gasteiger charge is -2.17. The Morgan fingerprint density at radius 1 is 1.50 bits per heavy atom. The molecule has 1 atom stereocenters. The summed E-state index contributed by atoms with van der Waals surface area (Å²) in [4.78, 5) is 10.5. The van der Waals surface area contributed by atoms with E-state index in [1.165, 1.54) is 13.8 Å². The number of rotatable bonds is 4. The van der Waals surface area contributed by atoms with Crippen molar-refractivity contribution in [2.24, 2.45) is 0 Å². The fourth-order valence-corrected chi connectivity index (χ4v) is 1.88. The molecule has 12 heavy (non-hydrogen) atoms. The van der Waals surface area contributed by atoms with Crippen LogP contribution in [0, 0.1) is 0 Å². The van der Waals surface area contributed by atoms with Gasteiger partial charge in [0.2, 0.25) is 5.00 Å². The number of halogens is 1. The molecule has 0 aromatic carbocycles. The third kappa shape index (κ3) is 2.55. The molecule has 0 aliphatic heterocycles. The quantitative estimate of drug-likeness (QED) is 0.676. The normalized spacial score (nSPS) is 17.0. The van der Waals surface area contributed by atoms with Gasteiger partial charge in [-0.05, 0) is 13.8 Å². The molecule has 5 heteroatoms. The number of sulfone groups is 1. The Balaban J connectivity index is 4.73. The standard InChI is InChI=1S/C7H13FO3S/c1-4-12(10,11)7(3,8)5-6(2)9/h4-5H2,1-3H3. The van der Waals surface area contributed by atoms with Gasteiger partial charge in [-0.15, -0.1) is 0 Å². The van der Waals surface area contributed by atoms with Crippen LogP contribution >= 0.6 is 0 Å². The summed E-state index contributed by atoms with van der Waals surface area (Å²) in [5.74, 6) is -0.746. The molecule has 0 rings (SSSR count). The van der Waals surface area contributed by atoms with Crippen LogP contribution in [0.5, 0.6) is 0 Å². The van der Waals surface area contributed by atoms with Crippen LogP contribution < -0.4 is 0 Å². The highest BCUT2D eigenvalue weighted by Crippen LogP contribution is 2.24. The van der Waals surface area contributed by atoms with Crippen molar-refractivity contribution in [3.05, 3.63) is 0 Å². The van der Waals surface area contributed by atoms with E-state index in [-0.39, 0.29) is 5.75 Å². The van der Waals surface area contributed by atoms with E-state index >= 15 is 0 Å². The van der Waals surface area contributed by atoms with Crippen LogP contribution in [0.15, 0.2) is 0 Å². The molecule has 0 amide bonds. The molecular formula is C7H13FO3S. The average molecular weight is 196 g/mol. The maximum absolute atomic E-state index is 13.3. The molecule has 0 spiro atoms. The molecule has 0 aliphatic rings. The summed E-state index contributed by atoms with van der Waals surface area (Å²) in [5, 5.41) is -2.41. The Labute approximate surface area is 71.9 Å². The van der Waals surface area contributed by atoms with E-state index in [4.69, 9.17) is 0 Å². The van der Waals surface area contributed by atoms with Crippen LogP contribution in [0.2, 0.25) is 0 Å². The average Bonchev–Trinajstić information content (AvgIpc) is 1.84. The van der Waals surface area contributed by atoms with Gasteiger partial charge in [-0.1, -0.05) is 6.92 Å². The van der Waals surface area contributed by atoms with Crippen LogP contribution in [0.4, 0.5) is 4.39 Å². The monoisotopic (exact) mass is 196 g/mol. The topological polar surface area (TPSA) is 51.2 Å². The van der Waals surface area contributed by atoms with E-state index in [9.17, 15) is 17.6 Å². The molecule has 0 aliphatic carbocycles. The number of Topliss-reactive ketones (excluding diaryl/α,β-unsaturated/α-hetero) is 1. The van der Waals surface area contributed by atoms with Crippen molar-refractivity contribution in [3.63, 3.8) is 0 Å². The third-order valence-corrected chi connectivity index (χ3v) is 3.79. The minimum absolute atomic E-state index is 0.284. The van der Waals surface area contributed by atoms with Gasteiger partial charge in [-0.3, -0.25) is 4.79 Å². The van der Waals surface area contributed by atoms with Crippen molar-refractivity contribution in [1.82, 2.24) is 0 Å². The first-order valence-corrected chi connectivity index (χ1v) is 5.29. The van der Waals surface area contributed by atoms with Crippen LogP contribution in [-0.4, -0.2) is 25.0 Å². The van der Waals surface area contributed by atoms with E-state index in [0.29, 0.717) is 0 Å². The van der Waals surface area contributed by atoms with Gasteiger partial charge in [-0.25, -0.2) is 12.8 Å². The zero-order valence-electron chi connectivity index (χ0n) is 7.43. The predicted octanol–water partition coefficient (Wildman–Crippen LogP) is 1.09. The zero-order valence-corrected chi connectivity index (χ0v) is 8.24. The fourth-order valence-electron chi connectivity index (χ4n) is 0.856. The Morgan fingerprint density at radius 2 is 1.92 bits per heavy atom. The highest BCUT2D eigenvalue weighted by atomic mass is 32.2. The van der Waals surface area contributed by atoms with Crippen molar-refractivity contribution >= 4 is 15.6 Å². The first-order valence-electron chi connectivity index (χ1n) is 3.63. The van der Waals surface area contributed by atoms with Gasteiger partial charge in [0.25, 0.3) is 0 Å². The second kappa shape index (κ2) is 3.51. The summed E-state index contributed by atoms with van der Waals surface area (Å²) in [6.45, 7) is 3.45. The first-order chi connectivity index (χ1) is 5.23. The smallest absolute Gasteiger partial charge is 0.214 e. The molecule has 0 N–H and O–H groups in total. The highest BCUT2D eigenvalue weighted by molar-refractivity contribution is 7.92. The van der Waals surface area contributed by atoms with Gasteiger partial charge < -0.3 is 0 Å². The molecule has 0 heterocycles. The predicted molar refractivity (Wildman–Crippen MR) is 44.3 cm³/mol. The molecule has 0 bridgehead atoms. The van der Waals surface area contributed by atoms with Gasteiger partial charge >= 0.3 is 0 Å². The number of ketones is 1. The van der Waals surface area contributed by atoms with Gasteiger partial charge in [-0.2, -0.15) is 0 Å². The molecule has 72 valence electrons. The number of alkyl halides is 1. The number of hydrogen-bond donors (Lipinski definition) is 0. The molecule has 0 aromatic rings. The van der Waals surface area contributed by atoms with Crippen LogP contribution in [-0.2, 0) is 14.6 Å². The number of hydrogen-bond acceptors (Lipinski definition) is 3. The summed E-state index contributed by atoms with van der Waals surface area (Å²) in [5.41, 5.74) is 0. The first kappa shape index (κ1) is 11.6. The van der Waals surface area contributed by atoms with Gasteiger partial charge in [0.05, 0.1) is 12.2 Å². The summed E-state index contributed by atoms with van der Waals surface area (Å²) in [7, 11) is -3.78. The number of carbonyl (C=O) groups excluding carboxylic acids is 1. The molecule has 0 saturated heterocycles. The summed E-state index contributed by atoms with van der Waals surface area (Å²) < 4.78 is 35.4. The maximum atomic E-state index is 13.3. The Morgan fingerprint density at radius 3 is 2.17 bits per heavy atom. The Bertz CT molecular complexity index is 266. The summed E-state index contributed by atoms with van der Waals surface area (Å²) in [6.07, 6.45) is -0.566. The van der Waals surface area contributed by atoms with Crippen LogP contribution in [0.1, 0.15) is 27.2 Å². The van der Waals surface area contributed by atoms with E-state index in [2.05, 4.69) is 0 Å². The highest BCUT2D eigenvalue weighted by Gasteiger charge is 2.38. The third-order valence-electron chi connectivity index (χ3n) is 1.59. The fraction of sp³-hybridized carbons (Fsp3) is 0.857. The molecule has 0 aromatic heterocycles. The second-order valence-corrected chi connectivity index (χ2v) is 5.54. The lowest BCUT2D eigenvalue weighted by molar-refractivity contribution is -0.118. The van der Waals surface area contributed by atoms with Crippen molar-refractivity contribution in [2.75, 3.05) is 5.75 Å². The zero-order chi connectivity index (χ0) is 9.99. The molecular weight excluding hydrogens is 183 g/mol. The molecule has 3 nitrogen and oxygen atoms in total. The van der Waals surface area contributed by atoms with E-state index in [0.717, 1.165) is 6.92 Å². The van der Waals surface area contributed by atoms with Gasteiger partial charge in [0.15, 0.2) is 9.84 Å². The van der Waals surface area contributed by atoms with Crippen LogP contribution in [0.25, 0.3) is 0 Å². The summed E-state index contributed by atoms with van der Waals surface area (Å²) in [6, 6.07) is 0. The number of carbonyl (C=O) groups is 1. The molecule has 1 unspecified atom stereocenters. The van der Waals surface area contributed by atoms with E-state index in [1.54, 1.807) is 0 Å². The van der Waals surface area contributed by atoms with Gasteiger partial charge in [0, 0.05) is 0 Å². The maximum Gasteiger partial charge on any atom is 0.214 e. The summed E-state index contributed by atoms with van der Waals surface area (Å²) >= 11 is 0.